The number of nitrogens with one attached hydrogen (secondary N) is 1. The maximum Gasteiger partial charge on any atom is 0.336 e. The van der Waals surface area contributed by atoms with Crippen molar-refractivity contribution in [3.05, 3.63) is 35.9 Å². The van der Waals surface area contributed by atoms with E-state index in [1.165, 1.54) is 6.07 Å². The molecule has 2 rings (SSSR count). The van der Waals surface area contributed by atoms with Gasteiger partial charge in [0.25, 0.3) is 0 Å². The van der Waals surface area contributed by atoms with Crippen LogP contribution in [0.15, 0.2) is 30.3 Å². The highest BCUT2D eigenvalue weighted by molar-refractivity contribution is 6.03. The normalized spacial score (nSPS) is 12.3. The summed E-state index contributed by atoms with van der Waals surface area (Å²) in [5.41, 5.74) is 0.836. The van der Waals surface area contributed by atoms with Crippen LogP contribution in [0.25, 0.3) is 10.9 Å². The molecule has 0 amide bonds. The number of aliphatic hydroxyl groups is 1. The lowest BCUT2D eigenvalue weighted by Gasteiger charge is -2.12. The van der Waals surface area contributed by atoms with Gasteiger partial charge in [0.2, 0.25) is 0 Å². The average molecular weight is 274 g/mol. The molecule has 1 aromatic carbocycles. The van der Waals surface area contributed by atoms with Crippen LogP contribution in [0.1, 0.15) is 30.1 Å². The van der Waals surface area contributed by atoms with Crippen LogP contribution < -0.4 is 5.32 Å². The number of nitrogens with zero attached hydrogens (tertiary/aromatic N) is 1. The second-order valence-electron chi connectivity index (χ2n) is 4.70. The summed E-state index contributed by atoms with van der Waals surface area (Å²) in [7, 11) is 0. The fraction of sp³-hybridized carbons (Fsp3) is 0.333. The third-order valence-electron chi connectivity index (χ3n) is 3.09. The molecule has 1 atom stereocenters. The molecular formula is C15H18N2O3. The number of para-hydroxylation sites is 1. The van der Waals surface area contributed by atoms with Gasteiger partial charge in [-0.25, -0.2) is 9.78 Å². The van der Waals surface area contributed by atoms with Gasteiger partial charge in [-0.05, 0) is 18.6 Å². The highest BCUT2D eigenvalue weighted by Crippen LogP contribution is 2.20. The molecular weight excluding hydrogens is 256 g/mol. The summed E-state index contributed by atoms with van der Waals surface area (Å²) >= 11 is 0. The highest BCUT2D eigenvalue weighted by Gasteiger charge is 2.12. The average Bonchev–Trinajstić information content (AvgIpc) is 2.44. The smallest absolute Gasteiger partial charge is 0.336 e. The van der Waals surface area contributed by atoms with Crippen molar-refractivity contribution in [3.8, 4) is 0 Å². The second-order valence-corrected chi connectivity index (χ2v) is 4.70. The predicted molar refractivity (Wildman–Crippen MR) is 78.1 cm³/mol. The number of aromatic carboxylic acids is 1. The van der Waals surface area contributed by atoms with Crippen LogP contribution in [0.5, 0.6) is 0 Å². The Labute approximate surface area is 117 Å². The predicted octanol–water partition coefficient (Wildman–Crippen LogP) is 2.51. The van der Waals surface area contributed by atoms with Gasteiger partial charge in [-0.15, -0.1) is 0 Å². The molecule has 1 heterocycles. The molecule has 0 saturated carbocycles. The number of aromatic nitrogens is 1. The number of hydrogen-bond donors (Lipinski definition) is 3. The number of carboxylic acid groups (broad SMARTS) is 1. The minimum atomic E-state index is -0.985. The lowest BCUT2D eigenvalue weighted by molar-refractivity contribution is 0.0699. The Morgan fingerprint density at radius 2 is 2.15 bits per heavy atom. The summed E-state index contributed by atoms with van der Waals surface area (Å²) in [6.07, 6.45) is 1.14. The van der Waals surface area contributed by atoms with Gasteiger partial charge < -0.3 is 15.5 Å². The maximum atomic E-state index is 11.3. The van der Waals surface area contributed by atoms with E-state index >= 15 is 0 Å². The SMILES string of the molecule is CCCC(O)CNc1cc(C(=O)O)c2ccccc2n1. The Kier molecular flexibility index (Phi) is 4.53. The first kappa shape index (κ1) is 14.3. The van der Waals surface area contributed by atoms with Crippen molar-refractivity contribution in [2.45, 2.75) is 25.9 Å². The van der Waals surface area contributed by atoms with Crippen LogP contribution in [-0.4, -0.2) is 33.8 Å². The number of benzene rings is 1. The second kappa shape index (κ2) is 6.34. The standard InChI is InChI=1S/C15H18N2O3/c1-2-5-10(18)9-16-14-8-12(15(19)20)11-6-3-4-7-13(11)17-14/h3-4,6-8,10,18H,2,5,9H2,1H3,(H,16,17)(H,19,20). The Bertz CT molecular complexity index is 613. The van der Waals surface area contributed by atoms with Crippen LogP contribution in [0.3, 0.4) is 0 Å². The topological polar surface area (TPSA) is 82.5 Å². The molecule has 0 saturated heterocycles. The first-order chi connectivity index (χ1) is 9.61. The quantitative estimate of drug-likeness (QED) is 0.754. The molecule has 1 unspecified atom stereocenters. The first-order valence-corrected chi connectivity index (χ1v) is 6.67. The van der Waals surface area contributed by atoms with E-state index < -0.39 is 12.1 Å². The fourth-order valence-electron chi connectivity index (χ4n) is 2.10. The number of anilines is 1. The highest BCUT2D eigenvalue weighted by atomic mass is 16.4. The third kappa shape index (κ3) is 3.24. The zero-order chi connectivity index (χ0) is 14.5. The van der Waals surface area contributed by atoms with E-state index in [1.54, 1.807) is 18.2 Å². The monoisotopic (exact) mass is 274 g/mol. The Morgan fingerprint density at radius 3 is 2.85 bits per heavy atom. The molecule has 0 aliphatic rings. The van der Waals surface area contributed by atoms with Gasteiger partial charge in [0.1, 0.15) is 5.82 Å². The van der Waals surface area contributed by atoms with Crippen LogP contribution in [0.2, 0.25) is 0 Å². The number of carboxylic acids is 1. The van der Waals surface area contributed by atoms with Crippen LogP contribution in [0, 0.1) is 0 Å². The summed E-state index contributed by atoms with van der Waals surface area (Å²) in [4.78, 5) is 15.7. The van der Waals surface area contributed by atoms with E-state index in [4.69, 9.17) is 0 Å². The first-order valence-electron chi connectivity index (χ1n) is 6.67. The molecule has 0 radical (unpaired) electrons. The molecule has 0 fully saturated rings. The van der Waals surface area contributed by atoms with Gasteiger partial charge in [-0.2, -0.15) is 0 Å². The molecule has 20 heavy (non-hydrogen) atoms. The van der Waals surface area contributed by atoms with Gasteiger partial charge >= 0.3 is 5.97 Å². The summed E-state index contributed by atoms with van der Waals surface area (Å²) in [6, 6.07) is 8.62. The zero-order valence-corrected chi connectivity index (χ0v) is 11.3. The van der Waals surface area contributed by atoms with E-state index in [2.05, 4.69) is 10.3 Å². The molecule has 0 aliphatic heterocycles. The van der Waals surface area contributed by atoms with Gasteiger partial charge in [0, 0.05) is 11.9 Å². The molecule has 0 bridgehead atoms. The van der Waals surface area contributed by atoms with Crippen molar-refractivity contribution < 1.29 is 15.0 Å². The van der Waals surface area contributed by atoms with Gasteiger partial charge in [0.05, 0.1) is 17.2 Å². The number of pyridine rings is 1. The molecule has 0 spiro atoms. The number of fused-ring (bicyclic) bond motifs is 1. The minimum Gasteiger partial charge on any atom is -0.478 e. The largest absolute Gasteiger partial charge is 0.478 e. The Morgan fingerprint density at radius 1 is 1.40 bits per heavy atom. The van der Waals surface area contributed by atoms with Crippen molar-refractivity contribution >= 4 is 22.7 Å². The summed E-state index contributed by atoms with van der Waals surface area (Å²) in [5, 5.41) is 22.6. The molecule has 106 valence electrons. The minimum absolute atomic E-state index is 0.211. The van der Waals surface area contributed by atoms with Crippen molar-refractivity contribution in [3.63, 3.8) is 0 Å². The number of rotatable bonds is 6. The molecule has 2 aromatic rings. The van der Waals surface area contributed by atoms with Gasteiger partial charge in [-0.1, -0.05) is 31.5 Å². The van der Waals surface area contributed by atoms with E-state index in [-0.39, 0.29) is 5.56 Å². The lowest BCUT2D eigenvalue weighted by Crippen LogP contribution is -2.19. The maximum absolute atomic E-state index is 11.3. The van der Waals surface area contributed by atoms with E-state index in [0.29, 0.717) is 29.7 Å². The molecule has 1 aromatic heterocycles. The fourth-order valence-corrected chi connectivity index (χ4v) is 2.10. The third-order valence-corrected chi connectivity index (χ3v) is 3.09. The summed E-state index contributed by atoms with van der Waals surface area (Å²) < 4.78 is 0. The van der Waals surface area contributed by atoms with Crippen molar-refractivity contribution in [1.82, 2.24) is 4.98 Å². The number of aliphatic hydroxyl groups excluding tert-OH is 1. The zero-order valence-electron chi connectivity index (χ0n) is 11.3. The van der Waals surface area contributed by atoms with Gasteiger partial charge in [-0.3, -0.25) is 0 Å². The van der Waals surface area contributed by atoms with Gasteiger partial charge in [0.15, 0.2) is 0 Å². The summed E-state index contributed by atoms with van der Waals surface area (Å²) in [5.74, 6) is -0.517. The van der Waals surface area contributed by atoms with Crippen LogP contribution in [-0.2, 0) is 0 Å². The Hall–Kier alpha value is -2.14. The molecule has 5 heteroatoms. The van der Waals surface area contributed by atoms with E-state index in [9.17, 15) is 15.0 Å². The molecule has 5 nitrogen and oxygen atoms in total. The van der Waals surface area contributed by atoms with Crippen molar-refractivity contribution in [2.75, 3.05) is 11.9 Å². The van der Waals surface area contributed by atoms with Crippen molar-refractivity contribution in [2.24, 2.45) is 0 Å². The van der Waals surface area contributed by atoms with E-state index in [0.717, 1.165) is 6.42 Å². The van der Waals surface area contributed by atoms with Crippen molar-refractivity contribution in [1.29, 1.82) is 0 Å². The molecule has 0 aliphatic carbocycles. The van der Waals surface area contributed by atoms with Crippen LogP contribution >= 0.6 is 0 Å². The number of carbonyl (C=O) groups is 1. The summed E-state index contributed by atoms with van der Waals surface area (Å²) in [6.45, 7) is 2.36. The number of hydrogen-bond acceptors (Lipinski definition) is 4. The molecule has 3 N–H and O–H groups in total. The Balaban J connectivity index is 2.28. The van der Waals surface area contributed by atoms with E-state index in [1.807, 2.05) is 13.0 Å². The van der Waals surface area contributed by atoms with Crippen LogP contribution in [0.4, 0.5) is 5.82 Å². The lowest BCUT2D eigenvalue weighted by atomic mass is 10.1.